The van der Waals surface area contributed by atoms with Crippen molar-refractivity contribution in [1.29, 1.82) is 5.26 Å². The number of nitriles is 1. The van der Waals surface area contributed by atoms with Crippen molar-refractivity contribution in [1.82, 2.24) is 4.31 Å². The second kappa shape index (κ2) is 8.34. The highest BCUT2D eigenvalue weighted by Gasteiger charge is 2.49. The van der Waals surface area contributed by atoms with E-state index in [1.165, 1.54) is 18.1 Å². The largest absolute Gasteiger partial charge is 0.511 e. The van der Waals surface area contributed by atoms with Gasteiger partial charge in [0, 0.05) is 6.54 Å². The molecule has 4 nitrogen and oxygen atoms in total. The van der Waals surface area contributed by atoms with E-state index in [4.69, 9.17) is 5.26 Å². The number of hydrogen-bond acceptors (Lipinski definition) is 3. The van der Waals surface area contributed by atoms with Gasteiger partial charge in [0.1, 0.15) is 6.54 Å². The maximum absolute atomic E-state index is 12.5. The van der Waals surface area contributed by atoms with Crippen LogP contribution in [0.25, 0.3) is 0 Å². The van der Waals surface area contributed by atoms with E-state index in [1.54, 1.807) is 0 Å². The van der Waals surface area contributed by atoms with Crippen molar-refractivity contribution in [2.75, 3.05) is 13.1 Å². The quantitative estimate of drug-likeness (QED) is 0.528. The van der Waals surface area contributed by atoms with Crippen LogP contribution in [0.3, 0.4) is 0 Å². The molecular formula is C14H19F3N2O2S. The molecule has 0 N–H and O–H groups in total. The summed E-state index contributed by atoms with van der Waals surface area (Å²) in [4.78, 5) is 0. The zero-order valence-electron chi connectivity index (χ0n) is 12.1. The molecule has 0 saturated heterocycles. The van der Waals surface area contributed by atoms with Crippen molar-refractivity contribution in [3.63, 3.8) is 0 Å². The van der Waals surface area contributed by atoms with Gasteiger partial charge in [-0.25, -0.2) is 8.42 Å². The lowest BCUT2D eigenvalue weighted by Crippen LogP contribution is -2.41. The predicted molar refractivity (Wildman–Crippen MR) is 77.1 cm³/mol. The van der Waals surface area contributed by atoms with Crippen LogP contribution >= 0.6 is 0 Å². The van der Waals surface area contributed by atoms with Gasteiger partial charge in [-0.2, -0.15) is 22.7 Å². The van der Waals surface area contributed by atoms with E-state index in [1.807, 2.05) is 12.2 Å². The normalized spacial score (nSPS) is 16.8. The number of hydrogen-bond donors (Lipinski definition) is 0. The Morgan fingerprint density at radius 3 is 2.64 bits per heavy atom. The summed E-state index contributed by atoms with van der Waals surface area (Å²) in [6, 6.07) is 1.46. The van der Waals surface area contributed by atoms with Crippen LogP contribution in [0.5, 0.6) is 0 Å². The molecular weight excluding hydrogens is 317 g/mol. The lowest BCUT2D eigenvalue weighted by Gasteiger charge is -2.20. The van der Waals surface area contributed by atoms with Crippen molar-refractivity contribution < 1.29 is 21.6 Å². The highest BCUT2D eigenvalue weighted by molar-refractivity contribution is 7.90. The Morgan fingerprint density at radius 2 is 2.09 bits per heavy atom. The molecule has 0 fully saturated rings. The molecule has 124 valence electrons. The van der Waals surface area contributed by atoms with E-state index >= 15 is 0 Å². The molecule has 0 aromatic rings. The van der Waals surface area contributed by atoms with Gasteiger partial charge < -0.3 is 0 Å². The van der Waals surface area contributed by atoms with Gasteiger partial charge in [-0.05, 0) is 38.5 Å². The summed E-state index contributed by atoms with van der Waals surface area (Å²) in [6.45, 7) is -1.12. The number of allylic oxidation sites excluding steroid dienone is 4. The lowest BCUT2D eigenvalue weighted by molar-refractivity contribution is -0.0486. The Kier molecular flexibility index (Phi) is 7.10. The van der Waals surface area contributed by atoms with Crippen molar-refractivity contribution in [3.8, 4) is 6.07 Å². The fourth-order valence-electron chi connectivity index (χ4n) is 2.14. The SMILES string of the molecule is N#CCN(CCC/C=C/C1=CCCCC1)S(=O)(=O)C(F)(F)F. The smallest absolute Gasteiger partial charge is 0.203 e. The summed E-state index contributed by atoms with van der Waals surface area (Å²) < 4.78 is 60.1. The van der Waals surface area contributed by atoms with Crippen LogP contribution < -0.4 is 0 Å². The zero-order chi connectivity index (χ0) is 16.6. The van der Waals surface area contributed by atoms with Gasteiger partial charge in [0.25, 0.3) is 0 Å². The molecule has 0 aliphatic heterocycles. The standard InChI is InChI=1S/C14H19F3N2O2S/c15-14(16,17)22(20,21)19(12-10-18)11-6-2-5-9-13-7-3-1-4-8-13/h5,7,9H,1-4,6,8,11-12H2/b9-5+. The average molecular weight is 336 g/mol. The van der Waals surface area contributed by atoms with Crippen LogP contribution in [0.15, 0.2) is 23.8 Å². The summed E-state index contributed by atoms with van der Waals surface area (Å²) in [5.74, 6) is 0. The number of rotatable bonds is 7. The van der Waals surface area contributed by atoms with Crippen molar-refractivity contribution in [3.05, 3.63) is 23.8 Å². The topological polar surface area (TPSA) is 61.2 Å². The Morgan fingerprint density at radius 1 is 1.36 bits per heavy atom. The molecule has 1 aliphatic rings. The fraction of sp³-hybridized carbons (Fsp3) is 0.643. The Balaban J connectivity index is 2.50. The van der Waals surface area contributed by atoms with Gasteiger partial charge in [-0.15, -0.1) is 0 Å². The molecule has 0 bridgehead atoms. The number of alkyl halides is 3. The Labute approximate surface area is 129 Å². The molecule has 0 amide bonds. The molecule has 0 aromatic heterocycles. The minimum Gasteiger partial charge on any atom is -0.203 e. The number of unbranched alkanes of at least 4 members (excludes halogenated alkanes) is 1. The van der Waals surface area contributed by atoms with Crippen LogP contribution in [0, 0.1) is 11.3 Å². The molecule has 0 saturated carbocycles. The first-order valence-electron chi connectivity index (χ1n) is 7.08. The van der Waals surface area contributed by atoms with E-state index in [9.17, 15) is 21.6 Å². The van der Waals surface area contributed by atoms with E-state index in [0.29, 0.717) is 6.42 Å². The predicted octanol–water partition coefficient (Wildman–Crippen LogP) is 3.50. The monoisotopic (exact) mass is 336 g/mol. The third-order valence-corrected chi connectivity index (χ3v) is 4.89. The number of sulfonamides is 1. The van der Waals surface area contributed by atoms with Gasteiger partial charge in [-0.3, -0.25) is 0 Å². The second-order valence-electron chi connectivity index (χ2n) is 5.01. The summed E-state index contributed by atoms with van der Waals surface area (Å²) in [7, 11) is -5.43. The molecule has 22 heavy (non-hydrogen) atoms. The summed E-state index contributed by atoms with van der Waals surface area (Å²) >= 11 is 0. The second-order valence-corrected chi connectivity index (χ2v) is 6.94. The van der Waals surface area contributed by atoms with E-state index in [-0.39, 0.29) is 17.3 Å². The van der Waals surface area contributed by atoms with E-state index < -0.39 is 22.1 Å². The highest BCUT2D eigenvalue weighted by atomic mass is 32.2. The van der Waals surface area contributed by atoms with Crippen LogP contribution in [-0.2, 0) is 10.0 Å². The van der Waals surface area contributed by atoms with E-state index in [2.05, 4.69) is 6.08 Å². The molecule has 0 radical (unpaired) electrons. The van der Waals surface area contributed by atoms with Crippen molar-refractivity contribution in [2.45, 2.75) is 44.0 Å². The average Bonchev–Trinajstić information content (AvgIpc) is 2.45. The first kappa shape index (κ1) is 18.7. The van der Waals surface area contributed by atoms with Crippen molar-refractivity contribution in [2.24, 2.45) is 0 Å². The van der Waals surface area contributed by atoms with Gasteiger partial charge in [-0.1, -0.05) is 23.8 Å². The van der Waals surface area contributed by atoms with Crippen LogP contribution in [0.1, 0.15) is 38.5 Å². The Bertz CT molecular complexity index is 560. The lowest BCUT2D eigenvalue weighted by atomic mass is 9.99. The number of nitrogens with zero attached hydrogens (tertiary/aromatic N) is 2. The minimum absolute atomic E-state index is 0.181. The van der Waals surface area contributed by atoms with Gasteiger partial charge in [0.2, 0.25) is 0 Å². The molecule has 0 unspecified atom stereocenters. The summed E-state index contributed by atoms with van der Waals surface area (Å²) in [5, 5.41) is 8.49. The zero-order valence-corrected chi connectivity index (χ0v) is 13.0. The number of halogens is 3. The van der Waals surface area contributed by atoms with Gasteiger partial charge in [0.15, 0.2) is 0 Å². The first-order valence-corrected chi connectivity index (χ1v) is 8.52. The van der Waals surface area contributed by atoms with Crippen molar-refractivity contribution >= 4 is 10.0 Å². The third-order valence-electron chi connectivity index (χ3n) is 3.32. The Hall–Kier alpha value is -1.33. The molecule has 1 aliphatic carbocycles. The maximum Gasteiger partial charge on any atom is 0.511 e. The third kappa shape index (κ3) is 5.46. The molecule has 8 heteroatoms. The summed E-state index contributed by atoms with van der Waals surface area (Å²) in [6.07, 6.45) is 11.0. The van der Waals surface area contributed by atoms with E-state index in [0.717, 1.165) is 19.3 Å². The van der Waals surface area contributed by atoms with Gasteiger partial charge in [0.05, 0.1) is 6.07 Å². The van der Waals surface area contributed by atoms with Gasteiger partial charge >= 0.3 is 15.5 Å². The van der Waals surface area contributed by atoms with Crippen LogP contribution in [0.2, 0.25) is 0 Å². The minimum atomic E-state index is -5.43. The first-order chi connectivity index (χ1) is 10.3. The molecule has 0 atom stereocenters. The molecule has 0 heterocycles. The molecule has 1 rings (SSSR count). The van der Waals surface area contributed by atoms with Crippen LogP contribution in [-0.4, -0.2) is 31.3 Å². The highest BCUT2D eigenvalue weighted by Crippen LogP contribution is 2.27. The molecule has 0 spiro atoms. The maximum atomic E-state index is 12.5. The van der Waals surface area contributed by atoms with Crippen LogP contribution in [0.4, 0.5) is 13.2 Å². The molecule has 0 aromatic carbocycles. The summed E-state index contributed by atoms with van der Waals surface area (Å²) in [5.41, 5.74) is -4.16. The fourth-order valence-corrected chi connectivity index (χ4v) is 3.03.